The van der Waals surface area contributed by atoms with E-state index in [1.165, 1.54) is 0 Å². The van der Waals surface area contributed by atoms with Crippen molar-refractivity contribution in [3.8, 4) is 23.1 Å². The molecule has 0 aliphatic carbocycles. The van der Waals surface area contributed by atoms with Gasteiger partial charge >= 0.3 is 0 Å². The van der Waals surface area contributed by atoms with E-state index in [0.29, 0.717) is 29.7 Å². The molecule has 0 fully saturated rings. The van der Waals surface area contributed by atoms with E-state index in [-0.39, 0.29) is 12.2 Å². The number of hydrogen-bond acceptors (Lipinski definition) is 7. The molecule has 0 saturated heterocycles. The number of methoxy groups -OCH3 is 2. The average molecular weight is 430 g/mol. The van der Waals surface area contributed by atoms with E-state index in [1.54, 1.807) is 26.6 Å². The Kier molecular flexibility index (Phi) is 5.09. The minimum Gasteiger partial charge on any atom is -0.493 e. The molecule has 0 N–H and O–H groups in total. The largest absolute Gasteiger partial charge is 0.493 e. The lowest BCUT2D eigenvalue weighted by Gasteiger charge is -2.33. The highest BCUT2D eigenvalue weighted by Crippen LogP contribution is 2.46. The van der Waals surface area contributed by atoms with Crippen LogP contribution in [0.25, 0.3) is 11.2 Å². The first kappa shape index (κ1) is 20.2. The molecule has 3 aromatic heterocycles. The Balaban J connectivity index is 1.48. The summed E-state index contributed by atoms with van der Waals surface area (Å²) >= 11 is 0. The van der Waals surface area contributed by atoms with Gasteiger partial charge in [0, 0.05) is 24.0 Å². The summed E-state index contributed by atoms with van der Waals surface area (Å²) in [5, 5.41) is 0. The zero-order chi connectivity index (χ0) is 22.2. The first-order valence-electron chi connectivity index (χ1n) is 10.4. The summed E-state index contributed by atoms with van der Waals surface area (Å²) < 4.78 is 25.5. The van der Waals surface area contributed by atoms with Crippen molar-refractivity contribution >= 4 is 24.7 Å². The maximum absolute atomic E-state index is 6.35. The summed E-state index contributed by atoms with van der Waals surface area (Å²) in [4.78, 5) is 13.4. The summed E-state index contributed by atoms with van der Waals surface area (Å²) in [5.41, 5.74) is 4.53. The molecule has 8 nitrogen and oxygen atoms in total. The molecule has 0 amide bonds. The van der Waals surface area contributed by atoms with Crippen molar-refractivity contribution in [3.63, 3.8) is 0 Å². The SMILES string of the molecule is Bc1nc2cccnc2n1Cc1cc(OC)c2c(c1)O[C@@H](C)[C@H](c1ccc(OC)nc1)O2. The van der Waals surface area contributed by atoms with Crippen LogP contribution < -0.4 is 24.7 Å². The van der Waals surface area contributed by atoms with Gasteiger partial charge in [-0.25, -0.2) is 15.0 Å². The second-order valence-corrected chi connectivity index (χ2v) is 7.71. The second kappa shape index (κ2) is 8.07. The smallest absolute Gasteiger partial charge is 0.212 e. The fourth-order valence-electron chi connectivity index (χ4n) is 4.03. The average Bonchev–Trinajstić information content (AvgIpc) is 3.13. The van der Waals surface area contributed by atoms with Crippen molar-refractivity contribution in [2.24, 2.45) is 0 Å². The lowest BCUT2D eigenvalue weighted by Crippen LogP contribution is -2.31. The summed E-state index contributed by atoms with van der Waals surface area (Å²) in [6, 6.07) is 11.6. The molecule has 9 heteroatoms. The van der Waals surface area contributed by atoms with E-state index in [4.69, 9.17) is 18.9 Å². The predicted molar refractivity (Wildman–Crippen MR) is 122 cm³/mol. The molecule has 2 atom stereocenters. The van der Waals surface area contributed by atoms with E-state index in [2.05, 4.69) is 19.5 Å². The van der Waals surface area contributed by atoms with Crippen LogP contribution in [0, 0.1) is 0 Å². The molecule has 162 valence electrons. The van der Waals surface area contributed by atoms with Crippen molar-refractivity contribution in [2.75, 3.05) is 14.2 Å². The molecule has 1 aliphatic rings. The van der Waals surface area contributed by atoms with Gasteiger partial charge in [0.1, 0.15) is 11.6 Å². The fraction of sp³-hybridized carbons (Fsp3) is 0.261. The highest BCUT2D eigenvalue weighted by Gasteiger charge is 2.32. The Morgan fingerprint density at radius 1 is 1.09 bits per heavy atom. The van der Waals surface area contributed by atoms with E-state index in [0.717, 1.165) is 28.0 Å². The number of imidazole rings is 1. The number of fused-ring (bicyclic) bond motifs is 2. The van der Waals surface area contributed by atoms with Gasteiger partial charge in [-0.3, -0.25) is 0 Å². The first-order chi connectivity index (χ1) is 15.6. The number of nitrogens with zero attached hydrogens (tertiary/aromatic N) is 4. The number of hydrogen-bond donors (Lipinski definition) is 0. The maximum atomic E-state index is 6.35. The Hall–Kier alpha value is -3.75. The Labute approximate surface area is 186 Å². The first-order valence-corrected chi connectivity index (χ1v) is 10.4. The highest BCUT2D eigenvalue weighted by atomic mass is 16.6. The van der Waals surface area contributed by atoms with Crippen LogP contribution in [0.4, 0.5) is 0 Å². The number of benzene rings is 1. The molecule has 0 saturated carbocycles. The highest BCUT2D eigenvalue weighted by molar-refractivity contribution is 6.30. The van der Waals surface area contributed by atoms with Gasteiger partial charge in [-0.05, 0) is 42.8 Å². The molecule has 0 bridgehead atoms. The van der Waals surface area contributed by atoms with Crippen LogP contribution >= 0.6 is 0 Å². The molecule has 1 aromatic carbocycles. The van der Waals surface area contributed by atoms with Gasteiger partial charge in [0.05, 0.1) is 26.5 Å². The van der Waals surface area contributed by atoms with Crippen LogP contribution in [-0.4, -0.2) is 47.7 Å². The van der Waals surface area contributed by atoms with Crippen molar-refractivity contribution < 1.29 is 18.9 Å². The van der Waals surface area contributed by atoms with Gasteiger partial charge in [-0.1, -0.05) is 0 Å². The van der Waals surface area contributed by atoms with E-state index in [1.807, 2.05) is 51.2 Å². The second-order valence-electron chi connectivity index (χ2n) is 7.71. The topological polar surface area (TPSA) is 80.5 Å². The van der Waals surface area contributed by atoms with Crippen LogP contribution in [0.2, 0.25) is 0 Å². The van der Waals surface area contributed by atoms with E-state index >= 15 is 0 Å². The summed E-state index contributed by atoms with van der Waals surface area (Å²) in [6.07, 6.45) is 3.00. The molecule has 0 unspecified atom stereocenters. The van der Waals surface area contributed by atoms with Crippen LogP contribution in [-0.2, 0) is 6.54 Å². The maximum Gasteiger partial charge on any atom is 0.212 e. The molecule has 0 spiro atoms. The van der Waals surface area contributed by atoms with Gasteiger partial charge in [0.2, 0.25) is 11.6 Å². The minimum atomic E-state index is -0.315. The molecule has 0 radical (unpaired) electrons. The summed E-state index contributed by atoms with van der Waals surface area (Å²) in [5.74, 6) is 2.41. The number of ether oxygens (including phenoxy) is 4. The Morgan fingerprint density at radius 2 is 1.97 bits per heavy atom. The molecule has 1 aliphatic heterocycles. The van der Waals surface area contributed by atoms with Gasteiger partial charge in [0.25, 0.3) is 0 Å². The molecular formula is C23H23BN4O4. The lowest BCUT2D eigenvalue weighted by atomic mass is 10.0. The molecule has 5 rings (SSSR count). The minimum absolute atomic E-state index is 0.213. The normalized spacial score (nSPS) is 17.3. The Morgan fingerprint density at radius 3 is 2.72 bits per heavy atom. The zero-order valence-electron chi connectivity index (χ0n) is 18.4. The number of rotatable bonds is 5. The van der Waals surface area contributed by atoms with Crippen molar-refractivity contribution in [2.45, 2.75) is 25.7 Å². The van der Waals surface area contributed by atoms with Gasteiger partial charge in [0.15, 0.2) is 31.1 Å². The fourth-order valence-corrected chi connectivity index (χ4v) is 4.03. The third-order valence-electron chi connectivity index (χ3n) is 5.62. The van der Waals surface area contributed by atoms with Crippen LogP contribution in [0.1, 0.15) is 24.2 Å². The third-order valence-corrected chi connectivity index (χ3v) is 5.62. The number of pyridine rings is 2. The molecule has 4 aromatic rings. The van der Waals surface area contributed by atoms with E-state index < -0.39 is 0 Å². The molecule has 4 heterocycles. The van der Waals surface area contributed by atoms with Crippen LogP contribution in [0.3, 0.4) is 0 Å². The molecule has 32 heavy (non-hydrogen) atoms. The van der Waals surface area contributed by atoms with Crippen molar-refractivity contribution in [1.29, 1.82) is 0 Å². The summed E-state index contributed by atoms with van der Waals surface area (Å²) in [6.45, 7) is 2.57. The van der Waals surface area contributed by atoms with Gasteiger partial charge < -0.3 is 23.5 Å². The van der Waals surface area contributed by atoms with Gasteiger partial charge in [-0.15, -0.1) is 0 Å². The van der Waals surface area contributed by atoms with Crippen LogP contribution in [0.15, 0.2) is 48.8 Å². The van der Waals surface area contributed by atoms with Crippen LogP contribution in [0.5, 0.6) is 23.1 Å². The van der Waals surface area contributed by atoms with Crippen molar-refractivity contribution in [3.05, 3.63) is 59.9 Å². The summed E-state index contributed by atoms with van der Waals surface area (Å²) in [7, 11) is 5.20. The van der Waals surface area contributed by atoms with E-state index in [9.17, 15) is 0 Å². The van der Waals surface area contributed by atoms with Gasteiger partial charge in [-0.2, -0.15) is 0 Å². The quantitative estimate of drug-likeness (QED) is 0.449. The zero-order valence-corrected chi connectivity index (χ0v) is 18.4. The Bertz CT molecular complexity index is 1280. The standard InChI is InChI=1S/C23H23BN4O4/c1-13-20(15-6-7-19(30-3)26-11-15)32-21-17(29-2)9-14(10-18(21)31-13)12-28-22-16(27-23(28)24)5-4-8-25-22/h4-11,13,20H,12,24H2,1-3H3/t13-,20+/m0/s1. The number of aromatic nitrogens is 4. The van der Waals surface area contributed by atoms with Crippen molar-refractivity contribution in [1.82, 2.24) is 19.5 Å². The monoisotopic (exact) mass is 430 g/mol. The lowest BCUT2D eigenvalue weighted by molar-refractivity contribution is 0.0277. The third kappa shape index (κ3) is 3.49. The predicted octanol–water partition coefficient (Wildman–Crippen LogP) is 2.05. The molecular weight excluding hydrogens is 407 g/mol.